The molecule has 2 heterocycles. The molecule has 0 spiro atoms. The smallest absolute Gasteiger partial charge is 0.0972 e. The number of fused-ring (bicyclic) bond motifs is 8. The molecule has 2 heteroatoms. The monoisotopic (exact) mass is 650 g/mol. The minimum Gasteiger partial charge on any atom is -0.245 e. The Hall–Kier alpha value is -6.38. The van der Waals surface area contributed by atoms with Crippen LogP contribution in [0.1, 0.15) is 25.0 Å². The summed E-state index contributed by atoms with van der Waals surface area (Å²) in [5.74, 6) is 0. The quantitative estimate of drug-likeness (QED) is 0.177. The van der Waals surface area contributed by atoms with Crippen molar-refractivity contribution in [2.24, 2.45) is 0 Å². The maximum atomic E-state index is 5.19. The van der Waals surface area contributed by atoms with Crippen LogP contribution in [0, 0.1) is 0 Å². The number of aromatic nitrogens is 2. The second kappa shape index (κ2) is 11.3. The number of benzene rings is 7. The minimum absolute atomic E-state index is 0.0850. The summed E-state index contributed by atoms with van der Waals surface area (Å²) in [7, 11) is 0. The molecule has 0 atom stereocenters. The second-order valence-corrected chi connectivity index (χ2v) is 14.2. The lowest BCUT2D eigenvalue weighted by molar-refractivity contribution is 0.666. The van der Waals surface area contributed by atoms with Gasteiger partial charge >= 0.3 is 0 Å². The molecule has 2 nitrogen and oxygen atoms in total. The van der Waals surface area contributed by atoms with Crippen molar-refractivity contribution in [3.8, 4) is 55.9 Å². The normalized spacial score (nSPS) is 13.1. The third-order valence-electron chi connectivity index (χ3n) is 10.8. The van der Waals surface area contributed by atoms with E-state index in [1.165, 1.54) is 55.3 Å². The van der Waals surface area contributed by atoms with Gasteiger partial charge in [0.1, 0.15) is 0 Å². The zero-order valence-electron chi connectivity index (χ0n) is 28.6. The van der Waals surface area contributed by atoms with Crippen molar-refractivity contribution >= 4 is 32.6 Å². The van der Waals surface area contributed by atoms with Crippen molar-refractivity contribution in [3.63, 3.8) is 0 Å². The van der Waals surface area contributed by atoms with Crippen LogP contribution in [0.15, 0.2) is 170 Å². The fourth-order valence-corrected chi connectivity index (χ4v) is 8.28. The Morgan fingerprint density at radius 2 is 0.961 bits per heavy atom. The lowest BCUT2D eigenvalue weighted by Gasteiger charge is -2.24. The molecule has 10 rings (SSSR count). The SMILES string of the molecule is CC1(C)c2ccccc2-c2c(-c3cccc(-c4ccc(-c5ccc6ccc7ccc(-c8ccccc8)nc7c6n5)cc4)c3)cc3ccccc3c21. The van der Waals surface area contributed by atoms with Gasteiger partial charge < -0.3 is 0 Å². The summed E-state index contributed by atoms with van der Waals surface area (Å²) in [5, 5.41) is 4.80. The van der Waals surface area contributed by atoms with E-state index in [9.17, 15) is 0 Å². The van der Waals surface area contributed by atoms with Crippen LogP contribution >= 0.6 is 0 Å². The van der Waals surface area contributed by atoms with Gasteiger partial charge in [0.25, 0.3) is 0 Å². The third kappa shape index (κ3) is 4.71. The Morgan fingerprint density at radius 1 is 0.392 bits per heavy atom. The van der Waals surface area contributed by atoms with E-state index < -0.39 is 0 Å². The van der Waals surface area contributed by atoms with E-state index in [2.05, 4.69) is 178 Å². The molecule has 2 aromatic heterocycles. The fraction of sp³-hybridized carbons (Fsp3) is 0.0612. The van der Waals surface area contributed by atoms with Crippen molar-refractivity contribution in [2.45, 2.75) is 19.3 Å². The molecule has 1 aliphatic carbocycles. The number of hydrogen-bond acceptors (Lipinski definition) is 2. The Bertz CT molecular complexity index is 2810. The van der Waals surface area contributed by atoms with Crippen molar-refractivity contribution in [1.29, 1.82) is 0 Å². The average molecular weight is 651 g/mol. The van der Waals surface area contributed by atoms with E-state index in [0.29, 0.717) is 0 Å². The van der Waals surface area contributed by atoms with Crippen molar-refractivity contribution < 1.29 is 0 Å². The van der Waals surface area contributed by atoms with Gasteiger partial charge in [0.2, 0.25) is 0 Å². The molecule has 0 N–H and O–H groups in total. The van der Waals surface area contributed by atoms with Crippen LogP contribution < -0.4 is 0 Å². The first kappa shape index (κ1) is 29.5. The Balaban J connectivity index is 1.04. The highest BCUT2D eigenvalue weighted by Gasteiger charge is 2.38. The molecular weight excluding hydrogens is 617 g/mol. The van der Waals surface area contributed by atoms with Crippen LogP contribution in [-0.2, 0) is 5.41 Å². The topological polar surface area (TPSA) is 25.8 Å². The summed E-state index contributed by atoms with van der Waals surface area (Å²) in [6.07, 6.45) is 0. The highest BCUT2D eigenvalue weighted by atomic mass is 14.8. The van der Waals surface area contributed by atoms with Gasteiger partial charge in [0.05, 0.1) is 22.4 Å². The number of rotatable bonds is 4. The zero-order valence-corrected chi connectivity index (χ0v) is 28.6. The van der Waals surface area contributed by atoms with Crippen LogP contribution in [-0.4, -0.2) is 9.97 Å². The number of nitrogens with zero attached hydrogens (tertiary/aromatic N) is 2. The van der Waals surface area contributed by atoms with Gasteiger partial charge in [-0.25, -0.2) is 9.97 Å². The fourth-order valence-electron chi connectivity index (χ4n) is 8.28. The van der Waals surface area contributed by atoms with E-state index in [1.807, 2.05) is 6.07 Å². The highest BCUT2D eigenvalue weighted by Crippen LogP contribution is 2.54. The molecule has 0 fully saturated rings. The Morgan fingerprint density at radius 3 is 1.71 bits per heavy atom. The van der Waals surface area contributed by atoms with Gasteiger partial charge in [0.15, 0.2) is 0 Å². The molecule has 0 saturated carbocycles. The molecule has 0 radical (unpaired) electrons. The summed E-state index contributed by atoms with van der Waals surface area (Å²) >= 11 is 0. The molecule has 0 saturated heterocycles. The van der Waals surface area contributed by atoms with E-state index in [0.717, 1.165) is 44.3 Å². The van der Waals surface area contributed by atoms with Gasteiger partial charge in [-0.15, -0.1) is 0 Å². The third-order valence-corrected chi connectivity index (χ3v) is 10.8. The molecule has 240 valence electrons. The predicted molar refractivity (Wildman–Crippen MR) is 214 cm³/mol. The van der Waals surface area contributed by atoms with Gasteiger partial charge in [-0.1, -0.05) is 159 Å². The molecule has 51 heavy (non-hydrogen) atoms. The lowest BCUT2D eigenvalue weighted by atomic mass is 9.79. The molecule has 7 aromatic carbocycles. The first-order valence-corrected chi connectivity index (χ1v) is 17.7. The number of hydrogen-bond donors (Lipinski definition) is 0. The zero-order chi connectivity index (χ0) is 34.1. The summed E-state index contributed by atoms with van der Waals surface area (Å²) in [5.41, 5.74) is 16.3. The minimum atomic E-state index is -0.0850. The van der Waals surface area contributed by atoms with Crippen LogP contribution in [0.5, 0.6) is 0 Å². The van der Waals surface area contributed by atoms with Gasteiger partial charge in [-0.05, 0) is 79.5 Å². The molecule has 0 unspecified atom stereocenters. The lowest BCUT2D eigenvalue weighted by Crippen LogP contribution is -2.15. The number of pyridine rings is 2. The van der Waals surface area contributed by atoms with Crippen LogP contribution in [0.4, 0.5) is 0 Å². The molecular formula is C49H34N2. The maximum absolute atomic E-state index is 5.19. The van der Waals surface area contributed by atoms with Crippen LogP contribution in [0.25, 0.3) is 88.5 Å². The van der Waals surface area contributed by atoms with Crippen molar-refractivity contribution in [2.75, 3.05) is 0 Å². The van der Waals surface area contributed by atoms with Gasteiger partial charge in [-0.3, -0.25) is 0 Å². The molecule has 0 amide bonds. The summed E-state index contributed by atoms with van der Waals surface area (Å²) in [6.45, 7) is 4.74. The molecule has 1 aliphatic rings. The first-order valence-electron chi connectivity index (χ1n) is 17.7. The standard InChI is InChI=1S/C49H34N2/c1-49(2)42-18-9-8-17-40(42)45-41(30-38-13-6-7-16-39(38)46(45)49)37-15-10-14-36(29-37)31-19-21-33(22-20-31)44-28-26-35-24-23-34-25-27-43(32-11-4-3-5-12-32)50-47(34)48(35)51-44/h3-30H,1-2H3. The highest BCUT2D eigenvalue weighted by molar-refractivity contribution is 6.06. The Labute approximate surface area is 297 Å². The van der Waals surface area contributed by atoms with E-state index in [4.69, 9.17) is 9.97 Å². The summed E-state index contributed by atoms with van der Waals surface area (Å²) in [6, 6.07) is 61.2. The van der Waals surface area contributed by atoms with E-state index in [1.54, 1.807) is 0 Å². The largest absolute Gasteiger partial charge is 0.245 e. The second-order valence-electron chi connectivity index (χ2n) is 14.2. The Kier molecular flexibility index (Phi) is 6.56. The molecule has 9 aromatic rings. The van der Waals surface area contributed by atoms with Crippen LogP contribution in [0.3, 0.4) is 0 Å². The van der Waals surface area contributed by atoms with Crippen molar-refractivity contribution in [3.05, 3.63) is 181 Å². The first-order chi connectivity index (χ1) is 25.0. The van der Waals surface area contributed by atoms with Crippen molar-refractivity contribution in [1.82, 2.24) is 9.97 Å². The summed E-state index contributed by atoms with van der Waals surface area (Å²) in [4.78, 5) is 10.3. The van der Waals surface area contributed by atoms with Gasteiger partial charge in [0, 0.05) is 27.3 Å². The molecule has 0 aliphatic heterocycles. The van der Waals surface area contributed by atoms with Gasteiger partial charge in [-0.2, -0.15) is 0 Å². The van der Waals surface area contributed by atoms with Crippen LogP contribution in [0.2, 0.25) is 0 Å². The van der Waals surface area contributed by atoms with E-state index in [-0.39, 0.29) is 5.41 Å². The maximum Gasteiger partial charge on any atom is 0.0972 e. The summed E-state index contributed by atoms with van der Waals surface area (Å²) < 4.78 is 0. The molecule has 0 bridgehead atoms. The van der Waals surface area contributed by atoms with E-state index >= 15 is 0 Å². The predicted octanol–water partition coefficient (Wildman–Crippen LogP) is 12.9. The average Bonchev–Trinajstić information content (AvgIpc) is 3.44.